The summed E-state index contributed by atoms with van der Waals surface area (Å²) in [6.07, 6.45) is -0.637. The van der Waals surface area contributed by atoms with Crippen molar-refractivity contribution >= 4 is 44.8 Å². The second-order valence-corrected chi connectivity index (χ2v) is 11.6. The van der Waals surface area contributed by atoms with Crippen LogP contribution in [0, 0.1) is 0 Å². The number of nitrogens with zero attached hydrogens (tertiary/aromatic N) is 2. The van der Waals surface area contributed by atoms with Crippen LogP contribution in [0.3, 0.4) is 0 Å². The quantitative estimate of drug-likeness (QED) is 0.425. The fourth-order valence-corrected chi connectivity index (χ4v) is 5.67. The minimum Gasteiger partial charge on any atom is -0.392 e. The number of hydrogen-bond acceptors (Lipinski definition) is 6. The third kappa shape index (κ3) is 8.06. The predicted molar refractivity (Wildman–Crippen MR) is 138 cm³/mol. The number of anilines is 1. The van der Waals surface area contributed by atoms with Crippen molar-refractivity contribution in [2.45, 2.75) is 38.0 Å². The van der Waals surface area contributed by atoms with Crippen molar-refractivity contribution in [3.63, 3.8) is 0 Å². The van der Waals surface area contributed by atoms with E-state index in [1.54, 1.807) is 48.3 Å². The van der Waals surface area contributed by atoms with E-state index < -0.39 is 34.0 Å². The zero-order valence-electron chi connectivity index (χ0n) is 19.7. The van der Waals surface area contributed by atoms with Gasteiger partial charge >= 0.3 is 0 Å². The molecule has 2 unspecified atom stereocenters. The molecule has 0 aromatic heterocycles. The Kier molecular flexibility index (Phi) is 9.42. The molecule has 1 amide bonds. The van der Waals surface area contributed by atoms with Gasteiger partial charge in [-0.25, -0.2) is 8.42 Å². The first-order valence-corrected chi connectivity index (χ1v) is 13.7. The van der Waals surface area contributed by atoms with Crippen LogP contribution in [0.2, 0.25) is 10.0 Å². The van der Waals surface area contributed by atoms with Crippen molar-refractivity contribution in [1.82, 2.24) is 9.80 Å². The summed E-state index contributed by atoms with van der Waals surface area (Å²) in [6.45, 7) is 3.09. The summed E-state index contributed by atoms with van der Waals surface area (Å²) < 4.78 is 27.1. The van der Waals surface area contributed by atoms with E-state index in [1.165, 1.54) is 6.92 Å². The summed E-state index contributed by atoms with van der Waals surface area (Å²) in [5.74, 6) is -0.567. The Hall–Kier alpha value is -1.88. The fraction of sp³-hybridized carbons (Fsp3) is 0.458. The van der Waals surface area contributed by atoms with E-state index in [1.807, 2.05) is 6.07 Å². The molecule has 2 aromatic carbocycles. The van der Waals surface area contributed by atoms with Crippen LogP contribution >= 0.6 is 23.2 Å². The molecule has 3 N–H and O–H groups in total. The Balaban J connectivity index is 1.85. The number of sulfonamides is 1. The largest absolute Gasteiger partial charge is 0.392 e. The number of amides is 1. The topological polar surface area (TPSA) is 110 Å². The maximum Gasteiger partial charge on any atom is 0.235 e. The van der Waals surface area contributed by atoms with E-state index in [9.17, 15) is 23.4 Å². The number of benzene rings is 2. The van der Waals surface area contributed by atoms with E-state index in [-0.39, 0.29) is 12.3 Å². The van der Waals surface area contributed by atoms with E-state index in [0.29, 0.717) is 41.8 Å². The summed E-state index contributed by atoms with van der Waals surface area (Å²) in [5.41, 5.74) is 1.82. The van der Waals surface area contributed by atoms with Crippen LogP contribution in [-0.4, -0.2) is 79.0 Å². The van der Waals surface area contributed by atoms with Gasteiger partial charge in [-0.15, -0.1) is 0 Å². The maximum absolute atomic E-state index is 13.2. The van der Waals surface area contributed by atoms with Gasteiger partial charge in [0.25, 0.3) is 0 Å². The average Bonchev–Trinajstić information content (AvgIpc) is 3.17. The lowest BCUT2D eigenvalue weighted by atomic mass is 10.0. The number of β-amino-alcohol motifs (C(OH)–C–C–N with tert-alkyl or cyclic N) is 1. The highest BCUT2D eigenvalue weighted by Gasteiger charge is 2.28. The van der Waals surface area contributed by atoms with Gasteiger partial charge in [-0.1, -0.05) is 41.4 Å². The van der Waals surface area contributed by atoms with Gasteiger partial charge in [0.2, 0.25) is 15.9 Å². The molecule has 8 nitrogen and oxygen atoms in total. The number of hydrogen-bond donors (Lipinski definition) is 3. The molecular formula is C24H31Cl2N3O5S. The standard InChI is InChI=1S/C24H31Cl2N3O5S/c1-16(30)15-35(33,34)27-19-5-3-4-18(12-19)23(14-29-9-8-20(31)13-29)28(2)24(32)11-17-6-7-21(25)22(26)10-17/h3-7,10,12,16,20,23,27,30-31H,8-9,11,13-15H2,1-2H3/t16?,20-,23?/m1/s1. The van der Waals surface area contributed by atoms with Crippen LogP contribution in [0.15, 0.2) is 42.5 Å². The number of carbonyl (C=O) groups excluding carboxylic acids is 1. The van der Waals surface area contributed by atoms with Crippen molar-refractivity contribution in [3.05, 3.63) is 63.6 Å². The minimum atomic E-state index is -3.74. The highest BCUT2D eigenvalue weighted by Crippen LogP contribution is 2.28. The number of aliphatic hydroxyl groups is 2. The summed E-state index contributed by atoms with van der Waals surface area (Å²) >= 11 is 12.1. The average molecular weight is 545 g/mol. The minimum absolute atomic E-state index is 0.118. The number of likely N-dealkylation sites (N-methyl/N-ethyl adjacent to an activating group) is 1. The third-order valence-corrected chi connectivity index (χ3v) is 8.09. The third-order valence-electron chi connectivity index (χ3n) is 5.88. The van der Waals surface area contributed by atoms with Crippen molar-refractivity contribution in [3.8, 4) is 0 Å². The maximum atomic E-state index is 13.2. The Bertz CT molecular complexity index is 1150. The van der Waals surface area contributed by atoms with Gasteiger partial charge < -0.3 is 15.1 Å². The fourth-order valence-electron chi connectivity index (χ4n) is 4.15. The van der Waals surface area contributed by atoms with Gasteiger partial charge in [0.1, 0.15) is 0 Å². The second-order valence-electron chi connectivity index (χ2n) is 9.01. The lowest BCUT2D eigenvalue weighted by molar-refractivity contribution is -0.131. The van der Waals surface area contributed by atoms with Crippen LogP contribution in [-0.2, 0) is 21.2 Å². The van der Waals surface area contributed by atoms with E-state index in [4.69, 9.17) is 23.2 Å². The molecule has 11 heteroatoms. The molecule has 2 aromatic rings. The van der Waals surface area contributed by atoms with Crippen molar-refractivity contribution < 1.29 is 23.4 Å². The second kappa shape index (κ2) is 11.9. The zero-order chi connectivity index (χ0) is 25.8. The molecule has 0 spiro atoms. The first-order chi connectivity index (χ1) is 16.4. The molecule has 3 atom stereocenters. The summed E-state index contributed by atoms with van der Waals surface area (Å²) in [4.78, 5) is 17.0. The normalized spacial score (nSPS) is 18.3. The Morgan fingerprint density at radius 1 is 1.23 bits per heavy atom. The molecule has 192 valence electrons. The Morgan fingerprint density at radius 3 is 2.60 bits per heavy atom. The van der Waals surface area contributed by atoms with Gasteiger partial charge in [0.05, 0.1) is 40.5 Å². The predicted octanol–water partition coefficient (Wildman–Crippen LogP) is 2.92. The number of aliphatic hydroxyl groups excluding tert-OH is 2. The highest BCUT2D eigenvalue weighted by molar-refractivity contribution is 7.92. The number of carbonyl (C=O) groups is 1. The number of rotatable bonds is 10. The highest BCUT2D eigenvalue weighted by atomic mass is 35.5. The smallest absolute Gasteiger partial charge is 0.235 e. The van der Waals surface area contributed by atoms with Crippen molar-refractivity contribution in [2.24, 2.45) is 0 Å². The van der Waals surface area contributed by atoms with Crippen molar-refractivity contribution in [2.75, 3.05) is 37.2 Å². The van der Waals surface area contributed by atoms with E-state index >= 15 is 0 Å². The molecule has 0 saturated carbocycles. The summed E-state index contributed by atoms with van der Waals surface area (Å²) in [7, 11) is -2.03. The molecular weight excluding hydrogens is 513 g/mol. The summed E-state index contributed by atoms with van der Waals surface area (Å²) in [6, 6.07) is 11.6. The van der Waals surface area contributed by atoms with Crippen LogP contribution in [0.1, 0.15) is 30.5 Å². The van der Waals surface area contributed by atoms with Crippen LogP contribution in [0.5, 0.6) is 0 Å². The first kappa shape index (κ1) is 27.7. The first-order valence-electron chi connectivity index (χ1n) is 11.3. The SMILES string of the molecule is CC(O)CS(=O)(=O)Nc1cccc(C(CN2CC[C@@H](O)C2)N(C)C(=O)Cc2ccc(Cl)c(Cl)c2)c1. The van der Waals surface area contributed by atoms with Gasteiger partial charge in [-0.3, -0.25) is 14.4 Å². The van der Waals surface area contributed by atoms with Crippen molar-refractivity contribution in [1.29, 1.82) is 0 Å². The van der Waals surface area contributed by atoms with Gasteiger partial charge in [-0.2, -0.15) is 0 Å². The molecule has 35 heavy (non-hydrogen) atoms. The molecule has 0 bridgehead atoms. The molecule has 0 aliphatic carbocycles. The van der Waals surface area contributed by atoms with Crippen LogP contribution in [0.25, 0.3) is 0 Å². The summed E-state index contributed by atoms with van der Waals surface area (Å²) in [5, 5.41) is 20.2. The van der Waals surface area contributed by atoms with Gasteiger partial charge in [0.15, 0.2) is 0 Å². The molecule has 1 heterocycles. The number of likely N-dealkylation sites (tertiary alicyclic amines) is 1. The Morgan fingerprint density at radius 2 is 1.97 bits per heavy atom. The molecule has 0 radical (unpaired) electrons. The molecule has 1 fully saturated rings. The molecule has 1 aliphatic heterocycles. The van der Waals surface area contributed by atoms with E-state index in [0.717, 1.165) is 11.1 Å². The molecule has 3 rings (SSSR count). The molecule has 1 aliphatic rings. The molecule has 1 saturated heterocycles. The van der Waals surface area contributed by atoms with Crippen LogP contribution in [0.4, 0.5) is 5.69 Å². The Labute approximate surface area is 216 Å². The number of halogens is 2. The van der Waals surface area contributed by atoms with Crippen LogP contribution < -0.4 is 4.72 Å². The van der Waals surface area contributed by atoms with Gasteiger partial charge in [-0.05, 0) is 48.7 Å². The van der Waals surface area contributed by atoms with Gasteiger partial charge in [0, 0.05) is 32.4 Å². The lowest BCUT2D eigenvalue weighted by Gasteiger charge is -2.32. The number of nitrogens with one attached hydrogen (secondary N) is 1. The van der Waals surface area contributed by atoms with E-state index in [2.05, 4.69) is 9.62 Å². The lowest BCUT2D eigenvalue weighted by Crippen LogP contribution is -2.39. The zero-order valence-corrected chi connectivity index (χ0v) is 22.0. The monoisotopic (exact) mass is 543 g/mol.